The third kappa shape index (κ3) is 1.65. The number of hydrogen-bond donors (Lipinski definition) is 1. The fourth-order valence-electron chi connectivity index (χ4n) is 0.985. The highest BCUT2D eigenvalue weighted by Crippen LogP contribution is 2.13. The van der Waals surface area contributed by atoms with Gasteiger partial charge in [-0.1, -0.05) is 6.08 Å². The molecule has 0 amide bonds. The summed E-state index contributed by atoms with van der Waals surface area (Å²) in [5.41, 5.74) is 7.95. The fourth-order valence-corrected chi connectivity index (χ4v) is 0.985. The van der Waals surface area contributed by atoms with Crippen LogP contribution in [0, 0.1) is 6.92 Å². The van der Waals surface area contributed by atoms with Crippen molar-refractivity contribution in [1.82, 2.24) is 4.98 Å². The molecule has 0 aromatic carbocycles. The highest BCUT2D eigenvalue weighted by molar-refractivity contribution is 5.27. The number of nitrogens with zero attached hydrogens (tertiary/aromatic N) is 1. The normalized spacial score (nSPS) is 12.5. The highest BCUT2D eigenvalue weighted by Gasteiger charge is 2.02. The van der Waals surface area contributed by atoms with Crippen molar-refractivity contribution < 1.29 is 0 Å². The van der Waals surface area contributed by atoms with E-state index in [9.17, 15) is 0 Å². The van der Waals surface area contributed by atoms with Gasteiger partial charge in [-0.3, -0.25) is 4.98 Å². The maximum absolute atomic E-state index is 5.75. The monoisotopic (exact) mass is 148 g/mol. The van der Waals surface area contributed by atoms with Gasteiger partial charge in [0.2, 0.25) is 0 Å². The zero-order chi connectivity index (χ0) is 8.27. The number of rotatable bonds is 2. The molecule has 0 bridgehead atoms. The molecular weight excluding hydrogens is 136 g/mol. The number of hydrogen-bond acceptors (Lipinski definition) is 2. The van der Waals surface area contributed by atoms with Gasteiger partial charge in [0, 0.05) is 18.4 Å². The number of pyridine rings is 1. The third-order valence-corrected chi connectivity index (χ3v) is 1.68. The summed E-state index contributed by atoms with van der Waals surface area (Å²) in [6.45, 7) is 5.62. The highest BCUT2D eigenvalue weighted by atomic mass is 14.6. The average Bonchev–Trinajstić information content (AvgIpc) is 2.04. The van der Waals surface area contributed by atoms with Crippen molar-refractivity contribution >= 4 is 0 Å². The molecule has 1 rings (SSSR count). The summed E-state index contributed by atoms with van der Waals surface area (Å²) in [6, 6.07) is 1.85. The van der Waals surface area contributed by atoms with Gasteiger partial charge < -0.3 is 5.73 Å². The first-order chi connectivity index (χ1) is 5.25. The second-order valence-corrected chi connectivity index (χ2v) is 2.49. The lowest BCUT2D eigenvalue weighted by Crippen LogP contribution is -2.08. The van der Waals surface area contributed by atoms with Crippen molar-refractivity contribution in [3.8, 4) is 0 Å². The Labute approximate surface area is 66.8 Å². The smallest absolute Gasteiger partial charge is 0.0482 e. The van der Waals surface area contributed by atoms with E-state index in [1.807, 2.05) is 13.0 Å². The van der Waals surface area contributed by atoms with Gasteiger partial charge in [0.15, 0.2) is 0 Å². The van der Waals surface area contributed by atoms with E-state index < -0.39 is 0 Å². The molecule has 0 aliphatic carbocycles. The van der Waals surface area contributed by atoms with Crippen LogP contribution in [-0.2, 0) is 0 Å². The lowest BCUT2D eigenvalue weighted by atomic mass is 10.1. The molecule has 1 aromatic heterocycles. The molecule has 1 heterocycles. The summed E-state index contributed by atoms with van der Waals surface area (Å²) in [5.74, 6) is 0. The number of nitrogens with two attached hydrogens (primary N) is 1. The largest absolute Gasteiger partial charge is 0.321 e. The zero-order valence-corrected chi connectivity index (χ0v) is 6.62. The molecule has 2 heteroatoms. The van der Waals surface area contributed by atoms with Gasteiger partial charge in [-0.05, 0) is 24.1 Å². The Morgan fingerprint density at radius 1 is 1.73 bits per heavy atom. The van der Waals surface area contributed by atoms with Crippen LogP contribution in [0.25, 0.3) is 0 Å². The van der Waals surface area contributed by atoms with Crippen LogP contribution in [-0.4, -0.2) is 4.98 Å². The fraction of sp³-hybridized carbons (Fsp3) is 0.222. The molecule has 0 spiro atoms. The lowest BCUT2D eigenvalue weighted by Gasteiger charge is -2.08. The SMILES string of the molecule is C=CC(N)c1ccncc1C. The molecule has 1 unspecified atom stereocenters. The number of aromatic nitrogens is 1. The Balaban J connectivity index is 3.02. The van der Waals surface area contributed by atoms with Gasteiger partial charge in [-0.15, -0.1) is 6.58 Å². The molecule has 11 heavy (non-hydrogen) atoms. The Morgan fingerprint density at radius 2 is 2.45 bits per heavy atom. The van der Waals surface area contributed by atoms with Crippen molar-refractivity contribution in [3.63, 3.8) is 0 Å². The summed E-state index contributed by atoms with van der Waals surface area (Å²) in [6.07, 6.45) is 5.27. The van der Waals surface area contributed by atoms with Gasteiger partial charge in [0.05, 0.1) is 0 Å². The van der Waals surface area contributed by atoms with Gasteiger partial charge in [-0.2, -0.15) is 0 Å². The van der Waals surface area contributed by atoms with E-state index in [1.54, 1.807) is 18.5 Å². The third-order valence-electron chi connectivity index (χ3n) is 1.68. The molecule has 2 nitrogen and oxygen atoms in total. The molecular formula is C9H12N2. The molecule has 0 saturated carbocycles. The Hall–Kier alpha value is -1.15. The summed E-state index contributed by atoms with van der Waals surface area (Å²) in [5, 5.41) is 0. The van der Waals surface area contributed by atoms with Crippen molar-refractivity contribution in [3.05, 3.63) is 42.2 Å². The van der Waals surface area contributed by atoms with Crippen molar-refractivity contribution in [1.29, 1.82) is 0 Å². The minimum atomic E-state index is -0.0713. The summed E-state index contributed by atoms with van der Waals surface area (Å²) < 4.78 is 0. The molecule has 1 aromatic rings. The lowest BCUT2D eigenvalue weighted by molar-refractivity contribution is 0.896. The van der Waals surface area contributed by atoms with Crippen LogP contribution < -0.4 is 5.73 Å². The van der Waals surface area contributed by atoms with E-state index in [2.05, 4.69) is 11.6 Å². The van der Waals surface area contributed by atoms with Crippen LogP contribution in [0.5, 0.6) is 0 Å². The van der Waals surface area contributed by atoms with E-state index in [-0.39, 0.29) is 6.04 Å². The van der Waals surface area contributed by atoms with Gasteiger partial charge in [0.25, 0.3) is 0 Å². The molecule has 0 fully saturated rings. The maximum atomic E-state index is 5.75. The quantitative estimate of drug-likeness (QED) is 0.646. The van der Waals surface area contributed by atoms with E-state index in [4.69, 9.17) is 5.73 Å². The Bertz CT molecular complexity index is 255. The number of aryl methyl sites for hydroxylation is 1. The van der Waals surface area contributed by atoms with E-state index in [1.165, 1.54) is 0 Å². The molecule has 0 saturated heterocycles. The van der Waals surface area contributed by atoms with Gasteiger partial charge >= 0.3 is 0 Å². The molecule has 0 aliphatic rings. The average molecular weight is 148 g/mol. The molecule has 58 valence electrons. The predicted molar refractivity (Wildman–Crippen MR) is 46.1 cm³/mol. The maximum Gasteiger partial charge on any atom is 0.0482 e. The van der Waals surface area contributed by atoms with Crippen LogP contribution in [0.1, 0.15) is 17.2 Å². The summed E-state index contributed by atoms with van der Waals surface area (Å²) in [7, 11) is 0. The van der Waals surface area contributed by atoms with Crippen LogP contribution in [0.15, 0.2) is 31.1 Å². The van der Waals surface area contributed by atoms with Crippen LogP contribution in [0.2, 0.25) is 0 Å². The van der Waals surface area contributed by atoms with Crippen LogP contribution in [0.4, 0.5) is 0 Å². The minimum Gasteiger partial charge on any atom is -0.321 e. The first kappa shape index (κ1) is 7.95. The van der Waals surface area contributed by atoms with Crippen LogP contribution >= 0.6 is 0 Å². The topological polar surface area (TPSA) is 38.9 Å². The van der Waals surface area contributed by atoms with E-state index in [0.29, 0.717) is 0 Å². The second-order valence-electron chi connectivity index (χ2n) is 2.49. The van der Waals surface area contributed by atoms with Gasteiger partial charge in [0.1, 0.15) is 0 Å². The standard InChI is InChI=1S/C9H12N2/c1-3-9(10)8-4-5-11-6-7(8)2/h3-6,9H,1,10H2,2H3. The first-order valence-electron chi connectivity index (χ1n) is 3.54. The molecule has 0 aliphatic heterocycles. The minimum absolute atomic E-state index is 0.0713. The second kappa shape index (κ2) is 3.30. The summed E-state index contributed by atoms with van der Waals surface area (Å²) in [4.78, 5) is 3.97. The van der Waals surface area contributed by atoms with Crippen molar-refractivity contribution in [2.45, 2.75) is 13.0 Å². The molecule has 0 radical (unpaired) electrons. The van der Waals surface area contributed by atoms with E-state index >= 15 is 0 Å². The molecule has 1 atom stereocenters. The van der Waals surface area contributed by atoms with Crippen molar-refractivity contribution in [2.24, 2.45) is 5.73 Å². The Kier molecular flexibility index (Phi) is 2.39. The van der Waals surface area contributed by atoms with E-state index in [0.717, 1.165) is 11.1 Å². The predicted octanol–water partition coefficient (Wildman–Crippen LogP) is 1.58. The van der Waals surface area contributed by atoms with Crippen LogP contribution in [0.3, 0.4) is 0 Å². The van der Waals surface area contributed by atoms with Crippen molar-refractivity contribution in [2.75, 3.05) is 0 Å². The summed E-state index contributed by atoms with van der Waals surface area (Å²) >= 11 is 0. The molecule has 2 N–H and O–H groups in total. The first-order valence-corrected chi connectivity index (χ1v) is 3.54. The zero-order valence-electron chi connectivity index (χ0n) is 6.62. The van der Waals surface area contributed by atoms with Gasteiger partial charge in [-0.25, -0.2) is 0 Å². The Morgan fingerprint density at radius 3 is 3.00 bits per heavy atom.